The largest absolute Gasteiger partial charge is 0.353 e. The highest BCUT2D eigenvalue weighted by Gasteiger charge is 2.24. The maximum absolute atomic E-state index is 4.70. The Bertz CT molecular complexity index is 940. The summed E-state index contributed by atoms with van der Waals surface area (Å²) in [4.78, 5) is 22.8. The van der Waals surface area contributed by atoms with E-state index in [0.29, 0.717) is 0 Å². The Labute approximate surface area is 152 Å². The zero-order valence-electron chi connectivity index (χ0n) is 15.8. The fourth-order valence-electron chi connectivity index (χ4n) is 3.66. The van der Waals surface area contributed by atoms with Crippen LogP contribution in [0.2, 0.25) is 0 Å². The van der Waals surface area contributed by atoms with Crippen LogP contribution in [0, 0.1) is 13.8 Å². The number of piperazine rings is 1. The number of nitrogens with zero attached hydrogens (tertiary/aromatic N) is 8. The van der Waals surface area contributed by atoms with Crippen molar-refractivity contribution in [2.45, 2.75) is 27.2 Å². The van der Waals surface area contributed by atoms with E-state index >= 15 is 0 Å². The van der Waals surface area contributed by atoms with E-state index in [0.717, 1.165) is 66.8 Å². The van der Waals surface area contributed by atoms with E-state index in [1.54, 1.807) is 11.0 Å². The molecule has 0 radical (unpaired) electrons. The highest BCUT2D eigenvalue weighted by atomic mass is 15.3. The summed E-state index contributed by atoms with van der Waals surface area (Å²) in [6.07, 6.45) is 4.48. The molecule has 0 bridgehead atoms. The Morgan fingerprint density at radius 1 is 0.962 bits per heavy atom. The number of rotatable bonds is 3. The molecule has 3 aromatic heterocycles. The van der Waals surface area contributed by atoms with Crippen LogP contribution in [0.25, 0.3) is 11.0 Å². The first-order valence-electron chi connectivity index (χ1n) is 9.05. The molecule has 8 heteroatoms. The molecule has 0 saturated carbocycles. The third kappa shape index (κ3) is 2.75. The quantitative estimate of drug-likeness (QED) is 0.709. The smallest absolute Gasteiger partial charge is 0.163 e. The lowest BCUT2D eigenvalue weighted by molar-refractivity contribution is 0.638. The van der Waals surface area contributed by atoms with Crippen molar-refractivity contribution >= 4 is 22.7 Å². The fraction of sp³-hybridized carbons (Fsp3) is 0.500. The van der Waals surface area contributed by atoms with Gasteiger partial charge in [-0.3, -0.25) is 4.68 Å². The molecule has 0 unspecified atom stereocenters. The van der Waals surface area contributed by atoms with E-state index in [1.165, 1.54) is 5.56 Å². The number of hydrogen-bond acceptors (Lipinski definition) is 7. The van der Waals surface area contributed by atoms with Gasteiger partial charge in [-0.25, -0.2) is 19.9 Å². The maximum atomic E-state index is 4.70. The van der Waals surface area contributed by atoms with Crippen LogP contribution in [0.4, 0.5) is 11.6 Å². The van der Waals surface area contributed by atoms with E-state index < -0.39 is 0 Å². The summed E-state index contributed by atoms with van der Waals surface area (Å²) in [5.74, 6) is 2.83. The first-order valence-corrected chi connectivity index (χ1v) is 9.05. The Kier molecular flexibility index (Phi) is 4.18. The molecule has 3 aromatic rings. The Hall–Kier alpha value is -2.77. The van der Waals surface area contributed by atoms with E-state index in [-0.39, 0.29) is 0 Å². The van der Waals surface area contributed by atoms with Gasteiger partial charge in [-0.1, -0.05) is 6.92 Å². The number of aromatic nitrogens is 6. The molecule has 1 aliphatic rings. The Balaban J connectivity index is 1.59. The summed E-state index contributed by atoms with van der Waals surface area (Å²) in [7, 11) is 1.92. The molecule has 0 N–H and O–H groups in total. The molecule has 136 valence electrons. The molecular formula is C18H24N8. The summed E-state index contributed by atoms with van der Waals surface area (Å²) in [5, 5.41) is 5.36. The highest BCUT2D eigenvalue weighted by Crippen LogP contribution is 2.26. The summed E-state index contributed by atoms with van der Waals surface area (Å²) in [6.45, 7) is 9.77. The van der Waals surface area contributed by atoms with Crippen molar-refractivity contribution in [3.05, 3.63) is 29.6 Å². The molecule has 0 aliphatic carbocycles. The summed E-state index contributed by atoms with van der Waals surface area (Å²) >= 11 is 0. The number of fused-ring (bicyclic) bond motifs is 1. The molecule has 1 aliphatic heterocycles. The van der Waals surface area contributed by atoms with Crippen LogP contribution >= 0.6 is 0 Å². The standard InChI is InChI=1S/C18H24N8/c1-5-14-12(2)19-11-20-16(14)25-6-8-26(9-7-25)18-15-10-21-24(4)17(15)22-13(3)23-18/h10-11H,5-9H2,1-4H3. The first-order chi connectivity index (χ1) is 12.6. The van der Waals surface area contributed by atoms with E-state index in [4.69, 9.17) is 4.98 Å². The van der Waals surface area contributed by atoms with Gasteiger partial charge in [-0.2, -0.15) is 5.10 Å². The summed E-state index contributed by atoms with van der Waals surface area (Å²) in [5.41, 5.74) is 3.20. The Morgan fingerprint density at radius 2 is 1.65 bits per heavy atom. The minimum atomic E-state index is 0.776. The number of hydrogen-bond donors (Lipinski definition) is 0. The van der Waals surface area contributed by atoms with Gasteiger partial charge in [0, 0.05) is 44.5 Å². The van der Waals surface area contributed by atoms with Crippen LogP contribution in [0.3, 0.4) is 0 Å². The van der Waals surface area contributed by atoms with Crippen molar-refractivity contribution in [2.75, 3.05) is 36.0 Å². The van der Waals surface area contributed by atoms with Gasteiger partial charge in [-0.15, -0.1) is 0 Å². The SMILES string of the molecule is CCc1c(C)ncnc1N1CCN(c2nc(C)nc3c2cnn3C)CC1. The molecule has 0 amide bonds. The molecular weight excluding hydrogens is 328 g/mol. The van der Waals surface area contributed by atoms with Crippen LogP contribution in [-0.2, 0) is 13.5 Å². The average molecular weight is 352 g/mol. The van der Waals surface area contributed by atoms with Crippen LogP contribution in [-0.4, -0.2) is 55.9 Å². The van der Waals surface area contributed by atoms with Gasteiger partial charge in [0.2, 0.25) is 0 Å². The average Bonchev–Trinajstić information content (AvgIpc) is 3.02. The first kappa shape index (κ1) is 16.7. The third-order valence-electron chi connectivity index (χ3n) is 5.05. The van der Waals surface area contributed by atoms with Crippen LogP contribution in [0.15, 0.2) is 12.5 Å². The van der Waals surface area contributed by atoms with Crippen molar-refractivity contribution in [1.29, 1.82) is 0 Å². The summed E-state index contributed by atoms with van der Waals surface area (Å²) in [6, 6.07) is 0. The monoisotopic (exact) mass is 352 g/mol. The topological polar surface area (TPSA) is 75.9 Å². The highest BCUT2D eigenvalue weighted by molar-refractivity contribution is 5.87. The van der Waals surface area contributed by atoms with Crippen LogP contribution in [0.1, 0.15) is 24.0 Å². The van der Waals surface area contributed by atoms with Gasteiger partial charge in [0.25, 0.3) is 0 Å². The second-order valence-electron chi connectivity index (χ2n) is 6.69. The molecule has 0 atom stereocenters. The zero-order valence-corrected chi connectivity index (χ0v) is 15.8. The maximum Gasteiger partial charge on any atom is 0.163 e. The molecule has 4 heterocycles. The predicted molar refractivity (Wildman–Crippen MR) is 102 cm³/mol. The lowest BCUT2D eigenvalue weighted by Crippen LogP contribution is -2.47. The van der Waals surface area contributed by atoms with E-state index in [2.05, 4.69) is 43.7 Å². The minimum absolute atomic E-state index is 0.776. The molecule has 8 nitrogen and oxygen atoms in total. The number of anilines is 2. The zero-order chi connectivity index (χ0) is 18.3. The normalized spacial score (nSPS) is 15.1. The van der Waals surface area contributed by atoms with Crippen molar-refractivity contribution in [2.24, 2.45) is 7.05 Å². The molecule has 4 rings (SSSR count). The molecule has 1 saturated heterocycles. The van der Waals surface area contributed by atoms with E-state index in [9.17, 15) is 0 Å². The van der Waals surface area contributed by atoms with Crippen molar-refractivity contribution < 1.29 is 0 Å². The van der Waals surface area contributed by atoms with Gasteiger partial charge < -0.3 is 9.80 Å². The lowest BCUT2D eigenvalue weighted by Gasteiger charge is -2.37. The van der Waals surface area contributed by atoms with Crippen molar-refractivity contribution in [3.63, 3.8) is 0 Å². The van der Waals surface area contributed by atoms with Gasteiger partial charge in [0.05, 0.1) is 11.6 Å². The van der Waals surface area contributed by atoms with Crippen molar-refractivity contribution in [3.8, 4) is 0 Å². The second kappa shape index (κ2) is 6.51. The van der Waals surface area contributed by atoms with Gasteiger partial charge in [-0.05, 0) is 20.3 Å². The minimum Gasteiger partial charge on any atom is -0.353 e. The second-order valence-corrected chi connectivity index (χ2v) is 6.69. The predicted octanol–water partition coefficient (Wildman–Crippen LogP) is 1.66. The molecule has 0 spiro atoms. The number of aryl methyl sites for hydroxylation is 3. The fourth-order valence-corrected chi connectivity index (χ4v) is 3.66. The van der Waals surface area contributed by atoms with Crippen molar-refractivity contribution in [1.82, 2.24) is 29.7 Å². The summed E-state index contributed by atoms with van der Waals surface area (Å²) < 4.78 is 1.81. The lowest BCUT2D eigenvalue weighted by atomic mass is 10.1. The molecule has 1 fully saturated rings. The van der Waals surface area contributed by atoms with Gasteiger partial charge >= 0.3 is 0 Å². The third-order valence-corrected chi connectivity index (χ3v) is 5.05. The van der Waals surface area contributed by atoms with Crippen LogP contribution < -0.4 is 9.80 Å². The Morgan fingerprint density at radius 3 is 2.35 bits per heavy atom. The van der Waals surface area contributed by atoms with Gasteiger partial charge in [0.15, 0.2) is 5.65 Å². The molecule has 26 heavy (non-hydrogen) atoms. The molecule has 0 aromatic carbocycles. The van der Waals surface area contributed by atoms with E-state index in [1.807, 2.05) is 20.2 Å². The van der Waals surface area contributed by atoms with Gasteiger partial charge in [0.1, 0.15) is 23.8 Å². The van der Waals surface area contributed by atoms with Crippen LogP contribution in [0.5, 0.6) is 0 Å².